The molecule has 0 spiro atoms. The maximum Gasteiger partial charge on any atom is 0.348 e. The highest BCUT2D eigenvalue weighted by Crippen LogP contribution is 1.99. The monoisotopic (exact) mass is 167 g/mol. The molecule has 1 heterocycles. The Morgan fingerprint density at radius 3 is 2.58 bits per heavy atom. The molecule has 0 amide bonds. The third-order valence-corrected chi connectivity index (χ3v) is 1.41. The van der Waals surface area contributed by atoms with Gasteiger partial charge in [0.2, 0.25) is 0 Å². The Hall–Kier alpha value is -1.19. The van der Waals surface area contributed by atoms with Gasteiger partial charge in [-0.1, -0.05) is 13.8 Å². The summed E-state index contributed by atoms with van der Waals surface area (Å²) in [4.78, 5) is 21.3. The van der Waals surface area contributed by atoms with E-state index in [0.29, 0.717) is 17.6 Å². The fourth-order valence-corrected chi connectivity index (χ4v) is 1.00. The number of aryl methyl sites for hydroxylation is 1. The fraction of sp³-hybridized carbons (Fsp3) is 0.625. The molecule has 1 N–H and O–H groups in total. The molecule has 66 valence electrons. The Kier molecular flexibility index (Phi) is 2.58. The van der Waals surface area contributed by atoms with Gasteiger partial charge in [0.05, 0.1) is 0 Å². The molecule has 0 saturated heterocycles. The standard InChI is InChI=1S/C8H13N3O/c1-5(2)4-7-9-6(3)10-8(12)11-7/h5H,4H2,1-3H3,(H,9,10,11,12). The molecule has 0 aromatic carbocycles. The van der Waals surface area contributed by atoms with Gasteiger partial charge in [-0.3, -0.25) is 4.98 Å². The van der Waals surface area contributed by atoms with Crippen molar-refractivity contribution in [2.75, 3.05) is 0 Å². The van der Waals surface area contributed by atoms with E-state index in [1.54, 1.807) is 6.92 Å². The van der Waals surface area contributed by atoms with Crippen molar-refractivity contribution in [3.05, 3.63) is 22.1 Å². The van der Waals surface area contributed by atoms with Crippen LogP contribution in [-0.2, 0) is 6.42 Å². The Morgan fingerprint density at radius 1 is 1.42 bits per heavy atom. The lowest BCUT2D eigenvalue weighted by Crippen LogP contribution is -2.17. The predicted molar refractivity (Wildman–Crippen MR) is 45.9 cm³/mol. The second kappa shape index (κ2) is 3.47. The summed E-state index contributed by atoms with van der Waals surface area (Å²) >= 11 is 0. The predicted octanol–water partition coefficient (Wildman–Crippen LogP) is 0.672. The molecule has 1 aromatic heterocycles. The lowest BCUT2D eigenvalue weighted by molar-refractivity contribution is 0.611. The van der Waals surface area contributed by atoms with Crippen LogP contribution < -0.4 is 5.69 Å². The van der Waals surface area contributed by atoms with Crippen LogP contribution in [0.15, 0.2) is 4.79 Å². The molecule has 0 fully saturated rings. The first-order valence-electron chi connectivity index (χ1n) is 4.02. The lowest BCUT2D eigenvalue weighted by Gasteiger charge is -2.02. The lowest BCUT2D eigenvalue weighted by atomic mass is 10.1. The normalized spacial score (nSPS) is 10.7. The van der Waals surface area contributed by atoms with Crippen LogP contribution in [-0.4, -0.2) is 15.0 Å². The summed E-state index contributed by atoms with van der Waals surface area (Å²) in [5, 5.41) is 0. The number of nitrogens with zero attached hydrogens (tertiary/aromatic N) is 2. The van der Waals surface area contributed by atoms with Crippen molar-refractivity contribution in [1.29, 1.82) is 0 Å². The highest BCUT2D eigenvalue weighted by molar-refractivity contribution is 4.89. The third-order valence-electron chi connectivity index (χ3n) is 1.41. The van der Waals surface area contributed by atoms with E-state index in [-0.39, 0.29) is 5.69 Å². The summed E-state index contributed by atoms with van der Waals surface area (Å²) in [6.45, 7) is 5.90. The average molecular weight is 167 g/mol. The topological polar surface area (TPSA) is 58.6 Å². The van der Waals surface area contributed by atoms with Crippen molar-refractivity contribution >= 4 is 0 Å². The number of aromatic amines is 1. The van der Waals surface area contributed by atoms with Crippen LogP contribution in [0.2, 0.25) is 0 Å². The summed E-state index contributed by atoms with van der Waals surface area (Å²) in [5.74, 6) is 1.74. The first-order valence-corrected chi connectivity index (χ1v) is 4.02. The molecule has 1 rings (SSSR count). The first-order chi connectivity index (χ1) is 5.58. The smallest absolute Gasteiger partial charge is 0.294 e. The van der Waals surface area contributed by atoms with Crippen LogP contribution in [0.4, 0.5) is 0 Å². The zero-order chi connectivity index (χ0) is 9.14. The molecule has 0 atom stereocenters. The van der Waals surface area contributed by atoms with Crippen LogP contribution in [0, 0.1) is 12.8 Å². The minimum Gasteiger partial charge on any atom is -0.294 e. The summed E-state index contributed by atoms with van der Waals surface area (Å²) < 4.78 is 0. The molecule has 0 bridgehead atoms. The maximum atomic E-state index is 10.9. The first kappa shape index (κ1) is 8.90. The van der Waals surface area contributed by atoms with E-state index < -0.39 is 0 Å². The molecule has 0 aliphatic rings. The van der Waals surface area contributed by atoms with Crippen LogP contribution in [0.1, 0.15) is 25.5 Å². The summed E-state index contributed by atoms with van der Waals surface area (Å²) in [5.41, 5.74) is -0.307. The molecule has 0 unspecified atom stereocenters. The van der Waals surface area contributed by atoms with Gasteiger partial charge in [0.15, 0.2) is 0 Å². The van der Waals surface area contributed by atoms with E-state index >= 15 is 0 Å². The summed E-state index contributed by atoms with van der Waals surface area (Å²) in [6.07, 6.45) is 0.755. The molecule has 0 aliphatic carbocycles. The van der Waals surface area contributed by atoms with Gasteiger partial charge in [0.1, 0.15) is 11.6 Å². The quantitative estimate of drug-likeness (QED) is 0.704. The van der Waals surface area contributed by atoms with E-state index in [2.05, 4.69) is 28.8 Å². The molecular weight excluding hydrogens is 154 g/mol. The number of hydrogen-bond donors (Lipinski definition) is 1. The van der Waals surface area contributed by atoms with Crippen LogP contribution >= 0.6 is 0 Å². The van der Waals surface area contributed by atoms with Gasteiger partial charge in [0, 0.05) is 6.42 Å². The van der Waals surface area contributed by atoms with Gasteiger partial charge in [-0.25, -0.2) is 9.78 Å². The van der Waals surface area contributed by atoms with E-state index in [0.717, 1.165) is 6.42 Å². The Bertz CT molecular complexity index is 316. The minimum atomic E-state index is -0.307. The Morgan fingerprint density at radius 2 is 2.08 bits per heavy atom. The Balaban J connectivity index is 2.93. The molecule has 0 saturated carbocycles. The largest absolute Gasteiger partial charge is 0.348 e. The van der Waals surface area contributed by atoms with Crippen LogP contribution in [0.25, 0.3) is 0 Å². The van der Waals surface area contributed by atoms with Gasteiger partial charge in [0.25, 0.3) is 0 Å². The van der Waals surface area contributed by atoms with E-state index in [4.69, 9.17) is 0 Å². The highest BCUT2D eigenvalue weighted by atomic mass is 16.1. The third kappa shape index (κ3) is 2.45. The molecule has 0 radical (unpaired) electrons. The summed E-state index contributed by atoms with van der Waals surface area (Å²) in [7, 11) is 0. The highest BCUT2D eigenvalue weighted by Gasteiger charge is 2.02. The van der Waals surface area contributed by atoms with E-state index in [1.165, 1.54) is 0 Å². The van der Waals surface area contributed by atoms with Crippen molar-refractivity contribution in [2.45, 2.75) is 27.2 Å². The van der Waals surface area contributed by atoms with Crippen molar-refractivity contribution in [3.8, 4) is 0 Å². The number of nitrogens with one attached hydrogen (secondary N) is 1. The Labute approximate surface area is 71.1 Å². The SMILES string of the molecule is Cc1nc(CC(C)C)nc(=O)[nH]1. The van der Waals surface area contributed by atoms with E-state index in [1.807, 2.05) is 0 Å². The van der Waals surface area contributed by atoms with Gasteiger partial charge in [-0.2, -0.15) is 4.98 Å². The van der Waals surface area contributed by atoms with Gasteiger partial charge in [-0.05, 0) is 12.8 Å². The van der Waals surface area contributed by atoms with Crippen molar-refractivity contribution in [3.63, 3.8) is 0 Å². The average Bonchev–Trinajstić information content (AvgIpc) is 1.81. The molecule has 4 nitrogen and oxygen atoms in total. The number of H-pyrrole nitrogens is 1. The molecular formula is C8H13N3O. The van der Waals surface area contributed by atoms with Crippen molar-refractivity contribution in [2.24, 2.45) is 5.92 Å². The zero-order valence-corrected chi connectivity index (χ0v) is 7.59. The molecule has 0 aliphatic heterocycles. The molecule has 1 aromatic rings. The maximum absolute atomic E-state index is 10.9. The minimum absolute atomic E-state index is 0.307. The fourth-order valence-electron chi connectivity index (χ4n) is 1.00. The zero-order valence-electron chi connectivity index (χ0n) is 7.59. The summed E-state index contributed by atoms with van der Waals surface area (Å²) in [6, 6.07) is 0. The van der Waals surface area contributed by atoms with Gasteiger partial charge < -0.3 is 0 Å². The number of hydrogen-bond acceptors (Lipinski definition) is 3. The van der Waals surface area contributed by atoms with Crippen LogP contribution in [0.3, 0.4) is 0 Å². The second-order valence-electron chi connectivity index (χ2n) is 3.25. The van der Waals surface area contributed by atoms with Crippen molar-refractivity contribution < 1.29 is 0 Å². The molecule has 12 heavy (non-hydrogen) atoms. The number of rotatable bonds is 2. The van der Waals surface area contributed by atoms with Gasteiger partial charge >= 0.3 is 5.69 Å². The van der Waals surface area contributed by atoms with E-state index in [9.17, 15) is 4.79 Å². The number of aromatic nitrogens is 3. The van der Waals surface area contributed by atoms with Crippen molar-refractivity contribution in [1.82, 2.24) is 15.0 Å². The van der Waals surface area contributed by atoms with Crippen LogP contribution in [0.5, 0.6) is 0 Å². The van der Waals surface area contributed by atoms with Gasteiger partial charge in [-0.15, -0.1) is 0 Å². The second-order valence-corrected chi connectivity index (χ2v) is 3.25. The molecule has 4 heteroatoms.